The van der Waals surface area contributed by atoms with Crippen LogP contribution in [-0.4, -0.2) is 24.9 Å². The normalized spacial score (nSPS) is 10.3. The molecule has 0 aliphatic heterocycles. The van der Waals surface area contributed by atoms with Crippen LogP contribution in [0.25, 0.3) is 0 Å². The summed E-state index contributed by atoms with van der Waals surface area (Å²) in [5, 5.41) is 9.38. The van der Waals surface area contributed by atoms with Gasteiger partial charge in [-0.2, -0.15) is 0 Å². The van der Waals surface area contributed by atoms with E-state index in [9.17, 15) is 9.59 Å². The molecular formula is C20H24ClN3O2. The van der Waals surface area contributed by atoms with Crippen LogP contribution in [-0.2, 0) is 4.79 Å². The van der Waals surface area contributed by atoms with Crippen molar-refractivity contribution in [2.24, 2.45) is 0 Å². The molecule has 0 unspecified atom stereocenters. The minimum atomic E-state index is -0.201. The Balaban J connectivity index is 1.91. The number of hydrogen-bond donors (Lipinski definition) is 3. The Labute approximate surface area is 159 Å². The van der Waals surface area contributed by atoms with Crippen molar-refractivity contribution >= 4 is 34.8 Å². The molecule has 26 heavy (non-hydrogen) atoms. The topological polar surface area (TPSA) is 70.2 Å². The van der Waals surface area contributed by atoms with Crippen LogP contribution in [0.4, 0.5) is 11.4 Å². The van der Waals surface area contributed by atoms with E-state index in [2.05, 4.69) is 22.9 Å². The summed E-state index contributed by atoms with van der Waals surface area (Å²) in [5.41, 5.74) is 2.82. The first-order chi connectivity index (χ1) is 12.5. The summed E-state index contributed by atoms with van der Waals surface area (Å²) < 4.78 is 0. The van der Waals surface area contributed by atoms with Gasteiger partial charge in [-0.1, -0.05) is 37.1 Å². The van der Waals surface area contributed by atoms with Crippen molar-refractivity contribution in [1.29, 1.82) is 0 Å². The first kappa shape index (κ1) is 19.8. The van der Waals surface area contributed by atoms with E-state index in [-0.39, 0.29) is 18.4 Å². The highest BCUT2D eigenvalue weighted by Gasteiger charge is 2.08. The molecule has 0 aromatic heterocycles. The number of benzene rings is 2. The van der Waals surface area contributed by atoms with Gasteiger partial charge in [0.2, 0.25) is 5.91 Å². The van der Waals surface area contributed by atoms with Gasteiger partial charge in [-0.3, -0.25) is 9.59 Å². The maximum atomic E-state index is 12.2. The smallest absolute Gasteiger partial charge is 0.251 e. The van der Waals surface area contributed by atoms with Crippen LogP contribution in [0.2, 0.25) is 5.02 Å². The maximum Gasteiger partial charge on any atom is 0.251 e. The summed E-state index contributed by atoms with van der Waals surface area (Å²) >= 11 is 6.07. The van der Waals surface area contributed by atoms with Crippen LogP contribution >= 0.6 is 11.6 Å². The second-order valence-corrected chi connectivity index (χ2v) is 6.41. The number of carbonyl (C=O) groups excluding carboxylic acids is 2. The number of nitrogens with one attached hydrogen (secondary N) is 3. The SMILES string of the molecule is CCCCNC(=O)c1cccc(NC(=O)CNc2cccc(Cl)c2C)c1. The number of halogens is 1. The van der Waals surface area contributed by atoms with E-state index >= 15 is 0 Å². The Hall–Kier alpha value is -2.53. The Kier molecular flexibility index (Phi) is 7.48. The van der Waals surface area contributed by atoms with Crippen molar-refractivity contribution in [2.75, 3.05) is 23.7 Å². The van der Waals surface area contributed by atoms with E-state index in [0.29, 0.717) is 22.8 Å². The van der Waals surface area contributed by atoms with Gasteiger partial charge in [0.25, 0.3) is 5.91 Å². The molecule has 0 aliphatic carbocycles. The molecule has 3 N–H and O–H groups in total. The number of amides is 2. The lowest BCUT2D eigenvalue weighted by Gasteiger charge is -2.11. The Bertz CT molecular complexity index is 777. The molecule has 0 bridgehead atoms. The molecule has 0 heterocycles. The summed E-state index contributed by atoms with van der Waals surface area (Å²) in [7, 11) is 0. The average molecular weight is 374 g/mol. The average Bonchev–Trinajstić information content (AvgIpc) is 2.63. The third-order valence-corrected chi connectivity index (χ3v) is 4.34. The third kappa shape index (κ3) is 5.77. The van der Waals surface area contributed by atoms with Crippen molar-refractivity contribution in [3.05, 3.63) is 58.6 Å². The van der Waals surface area contributed by atoms with E-state index in [1.165, 1.54) is 0 Å². The number of carbonyl (C=O) groups is 2. The molecule has 2 aromatic carbocycles. The summed E-state index contributed by atoms with van der Waals surface area (Å²) in [6.45, 7) is 4.72. The van der Waals surface area contributed by atoms with E-state index < -0.39 is 0 Å². The molecule has 0 saturated carbocycles. The highest BCUT2D eigenvalue weighted by molar-refractivity contribution is 6.31. The van der Waals surface area contributed by atoms with Crippen molar-refractivity contribution < 1.29 is 9.59 Å². The van der Waals surface area contributed by atoms with Crippen molar-refractivity contribution in [3.63, 3.8) is 0 Å². The van der Waals surface area contributed by atoms with Crippen LogP contribution in [0.1, 0.15) is 35.7 Å². The zero-order chi connectivity index (χ0) is 18.9. The summed E-state index contributed by atoms with van der Waals surface area (Å²) in [5.74, 6) is -0.338. The molecule has 0 saturated heterocycles. The molecule has 2 amide bonds. The summed E-state index contributed by atoms with van der Waals surface area (Å²) in [4.78, 5) is 24.3. The van der Waals surface area contributed by atoms with Gasteiger partial charge in [-0.05, 0) is 49.2 Å². The Morgan fingerprint density at radius 3 is 2.65 bits per heavy atom. The Morgan fingerprint density at radius 2 is 1.88 bits per heavy atom. The lowest BCUT2D eigenvalue weighted by atomic mass is 10.2. The minimum Gasteiger partial charge on any atom is -0.376 e. The first-order valence-electron chi connectivity index (χ1n) is 8.68. The van der Waals surface area contributed by atoms with Gasteiger partial charge in [0, 0.05) is 28.5 Å². The van der Waals surface area contributed by atoms with E-state index in [0.717, 1.165) is 24.1 Å². The van der Waals surface area contributed by atoms with Crippen LogP contribution in [0.15, 0.2) is 42.5 Å². The molecule has 0 atom stereocenters. The second-order valence-electron chi connectivity index (χ2n) is 6.00. The van der Waals surface area contributed by atoms with Gasteiger partial charge in [0.15, 0.2) is 0 Å². The molecule has 5 nitrogen and oxygen atoms in total. The molecule has 0 spiro atoms. The van der Waals surface area contributed by atoms with Gasteiger partial charge in [-0.25, -0.2) is 0 Å². The van der Waals surface area contributed by atoms with Gasteiger partial charge < -0.3 is 16.0 Å². The maximum absolute atomic E-state index is 12.2. The van der Waals surface area contributed by atoms with Crippen molar-refractivity contribution in [1.82, 2.24) is 5.32 Å². The van der Waals surface area contributed by atoms with Crippen LogP contribution in [0.5, 0.6) is 0 Å². The van der Waals surface area contributed by atoms with Crippen molar-refractivity contribution in [2.45, 2.75) is 26.7 Å². The monoisotopic (exact) mass is 373 g/mol. The molecular weight excluding hydrogens is 350 g/mol. The number of unbranched alkanes of at least 4 members (excludes halogenated alkanes) is 1. The molecule has 0 fully saturated rings. The summed E-state index contributed by atoms with van der Waals surface area (Å²) in [6, 6.07) is 12.4. The summed E-state index contributed by atoms with van der Waals surface area (Å²) in [6.07, 6.45) is 1.96. The van der Waals surface area contributed by atoms with Gasteiger partial charge in [0.1, 0.15) is 0 Å². The van der Waals surface area contributed by atoms with Gasteiger partial charge in [-0.15, -0.1) is 0 Å². The van der Waals surface area contributed by atoms with Crippen LogP contribution in [0.3, 0.4) is 0 Å². The zero-order valence-electron chi connectivity index (χ0n) is 15.1. The fourth-order valence-corrected chi connectivity index (χ4v) is 2.57. The first-order valence-corrected chi connectivity index (χ1v) is 9.06. The molecule has 138 valence electrons. The van der Waals surface area contributed by atoms with Crippen LogP contribution in [0, 0.1) is 6.92 Å². The van der Waals surface area contributed by atoms with Crippen LogP contribution < -0.4 is 16.0 Å². The predicted octanol–water partition coefficient (Wildman–Crippen LogP) is 4.23. The quantitative estimate of drug-likeness (QED) is 0.606. The molecule has 0 aliphatic rings. The molecule has 2 rings (SSSR count). The number of hydrogen-bond acceptors (Lipinski definition) is 3. The molecule has 0 radical (unpaired) electrons. The van der Waals surface area contributed by atoms with E-state index in [1.807, 2.05) is 19.1 Å². The van der Waals surface area contributed by atoms with Gasteiger partial charge >= 0.3 is 0 Å². The van der Waals surface area contributed by atoms with E-state index in [4.69, 9.17) is 11.6 Å². The molecule has 6 heteroatoms. The molecule has 2 aromatic rings. The highest BCUT2D eigenvalue weighted by atomic mass is 35.5. The largest absolute Gasteiger partial charge is 0.376 e. The fourth-order valence-electron chi connectivity index (χ4n) is 2.40. The second kappa shape index (κ2) is 9.82. The fraction of sp³-hybridized carbons (Fsp3) is 0.300. The highest BCUT2D eigenvalue weighted by Crippen LogP contribution is 2.22. The standard InChI is InChI=1S/C20H24ClN3O2/c1-3-4-11-22-20(26)15-7-5-8-16(12-15)24-19(25)13-23-18-10-6-9-17(21)14(18)2/h5-10,12,23H,3-4,11,13H2,1-2H3,(H,22,26)(H,24,25). The third-order valence-electron chi connectivity index (χ3n) is 3.93. The zero-order valence-corrected chi connectivity index (χ0v) is 15.8. The predicted molar refractivity (Wildman–Crippen MR) is 107 cm³/mol. The lowest BCUT2D eigenvalue weighted by Crippen LogP contribution is -2.25. The number of rotatable bonds is 8. The van der Waals surface area contributed by atoms with Crippen molar-refractivity contribution in [3.8, 4) is 0 Å². The van der Waals surface area contributed by atoms with Gasteiger partial charge in [0.05, 0.1) is 6.54 Å². The Morgan fingerprint density at radius 1 is 1.12 bits per heavy atom. The lowest BCUT2D eigenvalue weighted by molar-refractivity contribution is -0.114. The number of anilines is 2. The minimum absolute atomic E-state index is 0.105. The van der Waals surface area contributed by atoms with E-state index in [1.54, 1.807) is 30.3 Å².